The van der Waals surface area contributed by atoms with Crippen molar-refractivity contribution in [1.29, 1.82) is 0 Å². The number of fused-ring (bicyclic) bond motifs is 1. The van der Waals surface area contributed by atoms with E-state index in [4.69, 9.17) is 4.98 Å². The largest absolute Gasteiger partial charge is 0.369 e. The molecule has 0 amide bonds. The van der Waals surface area contributed by atoms with Crippen LogP contribution in [0.5, 0.6) is 0 Å². The van der Waals surface area contributed by atoms with Gasteiger partial charge in [-0.25, -0.2) is 4.98 Å². The predicted molar refractivity (Wildman–Crippen MR) is 121 cm³/mol. The molecule has 0 atom stereocenters. The van der Waals surface area contributed by atoms with Gasteiger partial charge < -0.3 is 4.90 Å². The van der Waals surface area contributed by atoms with Crippen molar-refractivity contribution in [3.05, 3.63) is 80.5 Å². The normalized spacial score (nSPS) is 16.2. The number of pyridine rings is 1. The van der Waals surface area contributed by atoms with Crippen molar-refractivity contribution < 1.29 is 4.92 Å². The minimum absolute atomic E-state index is 0.0594. The fourth-order valence-corrected chi connectivity index (χ4v) is 4.51. The van der Waals surface area contributed by atoms with Crippen molar-refractivity contribution >= 4 is 11.4 Å². The van der Waals surface area contributed by atoms with Gasteiger partial charge in [0, 0.05) is 67.5 Å². The Morgan fingerprint density at radius 1 is 1.03 bits per heavy atom. The number of piperazine rings is 1. The fraction of sp³-hybridized carbons (Fsp3) is 0.348. The Kier molecular flexibility index (Phi) is 5.40. The minimum Gasteiger partial charge on any atom is -0.369 e. The molecule has 0 radical (unpaired) electrons. The third kappa shape index (κ3) is 3.87. The van der Waals surface area contributed by atoms with E-state index >= 15 is 0 Å². The summed E-state index contributed by atoms with van der Waals surface area (Å²) in [5.41, 5.74) is 3.75. The second kappa shape index (κ2) is 8.51. The fourth-order valence-electron chi connectivity index (χ4n) is 4.51. The molecule has 1 fully saturated rings. The van der Waals surface area contributed by atoms with Gasteiger partial charge in [0.1, 0.15) is 5.82 Å². The molecular weight excluding hydrogens is 408 g/mol. The Labute approximate surface area is 185 Å². The number of nitrogens with zero attached hydrogens (tertiary/aromatic N) is 6. The highest BCUT2D eigenvalue weighted by Crippen LogP contribution is 2.23. The molecule has 0 spiro atoms. The van der Waals surface area contributed by atoms with Crippen LogP contribution in [0.3, 0.4) is 0 Å². The molecule has 1 aromatic carbocycles. The van der Waals surface area contributed by atoms with E-state index in [-0.39, 0.29) is 16.2 Å². The summed E-state index contributed by atoms with van der Waals surface area (Å²) < 4.78 is 1.79. The standard InChI is InChI=1S/C23H24N6O3/c30-23-20-4-1-5-21(20)25-22(17-3-2-10-24-15-17)28(23)16-26-11-13-27(14-12-26)18-6-8-19(9-7-18)29(31)32/h2-3,6-10,15H,1,4-5,11-14,16H2. The first-order valence-electron chi connectivity index (χ1n) is 10.8. The van der Waals surface area contributed by atoms with Crippen LogP contribution >= 0.6 is 0 Å². The van der Waals surface area contributed by atoms with E-state index < -0.39 is 0 Å². The lowest BCUT2D eigenvalue weighted by Crippen LogP contribution is -2.48. The number of benzene rings is 1. The van der Waals surface area contributed by atoms with Crippen LogP contribution in [0.4, 0.5) is 11.4 Å². The van der Waals surface area contributed by atoms with Crippen LogP contribution in [0, 0.1) is 10.1 Å². The molecule has 3 aromatic rings. The average molecular weight is 432 g/mol. The maximum Gasteiger partial charge on any atom is 0.269 e. The van der Waals surface area contributed by atoms with Crippen LogP contribution < -0.4 is 10.5 Å². The van der Waals surface area contributed by atoms with Gasteiger partial charge in [-0.2, -0.15) is 0 Å². The first kappa shape index (κ1) is 20.3. The van der Waals surface area contributed by atoms with E-state index in [0.717, 1.165) is 67.9 Å². The summed E-state index contributed by atoms with van der Waals surface area (Å²) in [7, 11) is 0. The van der Waals surface area contributed by atoms with Gasteiger partial charge in [0.25, 0.3) is 11.2 Å². The molecule has 5 rings (SSSR count). The van der Waals surface area contributed by atoms with Crippen molar-refractivity contribution in [3.63, 3.8) is 0 Å². The summed E-state index contributed by atoms with van der Waals surface area (Å²) in [6.45, 7) is 3.62. The van der Waals surface area contributed by atoms with Crippen molar-refractivity contribution in [1.82, 2.24) is 19.4 Å². The summed E-state index contributed by atoms with van der Waals surface area (Å²) in [6.07, 6.45) is 6.10. The second-order valence-electron chi connectivity index (χ2n) is 8.21. The van der Waals surface area contributed by atoms with Gasteiger partial charge in [0.2, 0.25) is 0 Å². The van der Waals surface area contributed by atoms with Crippen LogP contribution in [0.1, 0.15) is 17.7 Å². The summed E-state index contributed by atoms with van der Waals surface area (Å²) in [6, 6.07) is 10.5. The molecule has 1 saturated heterocycles. The third-order valence-electron chi connectivity index (χ3n) is 6.25. The van der Waals surface area contributed by atoms with Gasteiger partial charge in [-0.1, -0.05) is 0 Å². The molecule has 2 aromatic heterocycles. The molecule has 32 heavy (non-hydrogen) atoms. The van der Waals surface area contributed by atoms with Gasteiger partial charge in [-0.05, 0) is 43.5 Å². The monoisotopic (exact) mass is 432 g/mol. The van der Waals surface area contributed by atoms with Crippen molar-refractivity contribution in [2.45, 2.75) is 25.9 Å². The van der Waals surface area contributed by atoms with Crippen molar-refractivity contribution in [2.24, 2.45) is 0 Å². The van der Waals surface area contributed by atoms with Crippen LogP contribution in [-0.2, 0) is 19.5 Å². The van der Waals surface area contributed by atoms with E-state index in [1.165, 1.54) is 12.1 Å². The highest BCUT2D eigenvalue weighted by atomic mass is 16.6. The molecule has 0 unspecified atom stereocenters. The molecule has 3 heterocycles. The zero-order valence-electron chi connectivity index (χ0n) is 17.7. The average Bonchev–Trinajstić information content (AvgIpc) is 3.31. The molecule has 0 bridgehead atoms. The summed E-state index contributed by atoms with van der Waals surface area (Å²) in [5.74, 6) is 0.682. The lowest BCUT2D eigenvalue weighted by atomic mass is 10.2. The first-order valence-corrected chi connectivity index (χ1v) is 10.8. The molecule has 164 valence electrons. The highest BCUT2D eigenvalue weighted by molar-refractivity contribution is 5.55. The first-order chi connectivity index (χ1) is 15.6. The van der Waals surface area contributed by atoms with Gasteiger partial charge >= 0.3 is 0 Å². The number of hydrogen-bond acceptors (Lipinski definition) is 7. The quantitative estimate of drug-likeness (QED) is 0.451. The van der Waals surface area contributed by atoms with Gasteiger partial charge in [0.15, 0.2) is 0 Å². The SMILES string of the molecule is O=c1c2c(nc(-c3cccnc3)n1CN1CCN(c3ccc([N+](=O)[O-])cc3)CC1)CCC2. The van der Waals surface area contributed by atoms with E-state index in [9.17, 15) is 14.9 Å². The van der Waals surface area contributed by atoms with Crippen molar-refractivity contribution in [3.8, 4) is 11.4 Å². The molecule has 9 nitrogen and oxygen atoms in total. The van der Waals surface area contributed by atoms with Crippen LogP contribution in [0.25, 0.3) is 11.4 Å². The van der Waals surface area contributed by atoms with E-state index in [0.29, 0.717) is 12.5 Å². The topological polar surface area (TPSA) is 97.4 Å². The molecule has 0 saturated carbocycles. The van der Waals surface area contributed by atoms with Gasteiger partial charge in [-0.3, -0.25) is 29.4 Å². The lowest BCUT2D eigenvalue weighted by Gasteiger charge is -2.36. The maximum atomic E-state index is 13.3. The number of aryl methyl sites for hydroxylation is 1. The minimum atomic E-state index is -0.385. The molecule has 1 aliphatic heterocycles. The zero-order valence-corrected chi connectivity index (χ0v) is 17.7. The Bertz CT molecular complexity index is 1180. The molecular formula is C23H24N6O3. The summed E-state index contributed by atoms with van der Waals surface area (Å²) >= 11 is 0. The Balaban J connectivity index is 1.35. The van der Waals surface area contributed by atoms with Gasteiger partial charge in [0.05, 0.1) is 17.3 Å². The Hall–Kier alpha value is -3.59. The molecule has 1 aliphatic carbocycles. The molecule has 0 N–H and O–H groups in total. The number of rotatable bonds is 5. The zero-order chi connectivity index (χ0) is 22.1. The number of non-ortho nitro benzene ring substituents is 1. The maximum absolute atomic E-state index is 13.3. The lowest BCUT2D eigenvalue weighted by molar-refractivity contribution is -0.384. The summed E-state index contributed by atoms with van der Waals surface area (Å²) in [5, 5.41) is 10.9. The Morgan fingerprint density at radius 3 is 2.50 bits per heavy atom. The Morgan fingerprint density at radius 2 is 1.81 bits per heavy atom. The number of anilines is 1. The molecule has 9 heteroatoms. The van der Waals surface area contributed by atoms with E-state index in [1.54, 1.807) is 29.1 Å². The van der Waals surface area contributed by atoms with E-state index in [2.05, 4.69) is 14.8 Å². The number of nitro benzene ring substituents is 1. The predicted octanol–water partition coefficient (Wildman–Crippen LogP) is 2.48. The second-order valence-corrected chi connectivity index (χ2v) is 8.21. The number of aromatic nitrogens is 3. The van der Waals surface area contributed by atoms with Gasteiger partial charge in [-0.15, -0.1) is 0 Å². The number of nitro groups is 1. The van der Waals surface area contributed by atoms with Crippen molar-refractivity contribution in [2.75, 3.05) is 31.1 Å². The van der Waals surface area contributed by atoms with Crippen LogP contribution in [0.15, 0.2) is 53.6 Å². The van der Waals surface area contributed by atoms with E-state index in [1.807, 2.05) is 12.1 Å². The van der Waals surface area contributed by atoms with Crippen LogP contribution in [0.2, 0.25) is 0 Å². The van der Waals surface area contributed by atoms with Crippen LogP contribution in [-0.4, -0.2) is 50.5 Å². The highest BCUT2D eigenvalue weighted by Gasteiger charge is 2.24. The summed E-state index contributed by atoms with van der Waals surface area (Å²) in [4.78, 5) is 37.4. The molecule has 2 aliphatic rings. The smallest absolute Gasteiger partial charge is 0.269 e. The third-order valence-corrected chi connectivity index (χ3v) is 6.25. The number of hydrogen-bond donors (Lipinski definition) is 0.